The number of rotatable bonds is 2. The molecule has 0 saturated carbocycles. The van der Waals surface area contributed by atoms with Crippen LogP contribution >= 0.6 is 0 Å². The predicted molar refractivity (Wildman–Crippen MR) is 64.0 cm³/mol. The Morgan fingerprint density at radius 3 is 2.13 bits per heavy atom. The molecule has 1 aliphatic heterocycles. The fourth-order valence-corrected chi connectivity index (χ4v) is 1.94. The monoisotopic (exact) mass is 205 g/mol. The van der Waals surface area contributed by atoms with Gasteiger partial charge in [-0.1, -0.05) is 17.7 Å². The van der Waals surface area contributed by atoms with Crippen molar-refractivity contribution in [1.29, 1.82) is 0 Å². The Morgan fingerprint density at radius 2 is 1.60 bits per heavy atom. The molecule has 82 valence electrons. The molecule has 2 rings (SSSR count). The number of nitrogens with one attached hydrogen (secondary N) is 1. The van der Waals surface area contributed by atoms with Gasteiger partial charge in [0.15, 0.2) is 0 Å². The van der Waals surface area contributed by atoms with E-state index in [1.807, 2.05) is 7.05 Å². The van der Waals surface area contributed by atoms with Gasteiger partial charge >= 0.3 is 0 Å². The molecule has 1 N–H and O–H groups in total. The van der Waals surface area contributed by atoms with Crippen LogP contribution in [0.2, 0.25) is 0 Å². The highest BCUT2D eigenvalue weighted by Crippen LogP contribution is 2.16. The second kappa shape index (κ2) is 4.64. The standard InChI is InChI=1S/C12H19N3/c1-11-3-5-12(6-4-11)14-7-9-15(13-2)10-8-14/h3-6,13H,7-10H2,1-2H3. The lowest BCUT2D eigenvalue weighted by Crippen LogP contribution is -2.50. The molecule has 1 aromatic carbocycles. The van der Waals surface area contributed by atoms with Gasteiger partial charge in [0.2, 0.25) is 0 Å². The van der Waals surface area contributed by atoms with Crippen LogP contribution in [0.4, 0.5) is 5.69 Å². The molecule has 0 bridgehead atoms. The number of aryl methyl sites for hydroxylation is 1. The summed E-state index contributed by atoms with van der Waals surface area (Å²) in [6.45, 7) is 6.51. The Balaban J connectivity index is 1.98. The highest BCUT2D eigenvalue weighted by Gasteiger charge is 2.15. The van der Waals surface area contributed by atoms with E-state index in [9.17, 15) is 0 Å². The van der Waals surface area contributed by atoms with Crippen LogP contribution in [0.1, 0.15) is 5.56 Å². The van der Waals surface area contributed by atoms with Crippen LogP contribution in [-0.4, -0.2) is 38.2 Å². The van der Waals surface area contributed by atoms with Crippen LogP contribution in [0.25, 0.3) is 0 Å². The molecule has 0 atom stereocenters. The zero-order valence-electron chi connectivity index (χ0n) is 9.53. The molecule has 1 aliphatic rings. The molecule has 3 heteroatoms. The number of nitrogens with zero attached hydrogens (tertiary/aromatic N) is 2. The molecule has 0 aliphatic carbocycles. The average molecular weight is 205 g/mol. The van der Waals surface area contributed by atoms with Crippen LogP contribution in [0.5, 0.6) is 0 Å². The molecule has 15 heavy (non-hydrogen) atoms. The van der Waals surface area contributed by atoms with E-state index in [1.54, 1.807) is 0 Å². The first-order valence-corrected chi connectivity index (χ1v) is 5.53. The summed E-state index contributed by atoms with van der Waals surface area (Å²) in [6, 6.07) is 8.79. The quantitative estimate of drug-likeness (QED) is 0.784. The number of hydrogen-bond donors (Lipinski definition) is 1. The third kappa shape index (κ3) is 2.49. The lowest BCUT2D eigenvalue weighted by atomic mass is 10.2. The third-order valence-electron chi connectivity index (χ3n) is 3.00. The molecule has 3 nitrogen and oxygen atoms in total. The fourth-order valence-electron chi connectivity index (χ4n) is 1.94. The summed E-state index contributed by atoms with van der Waals surface area (Å²) in [5.74, 6) is 0. The minimum absolute atomic E-state index is 1.09. The van der Waals surface area contributed by atoms with Crippen LogP contribution in [0, 0.1) is 6.92 Å². The topological polar surface area (TPSA) is 18.5 Å². The first kappa shape index (κ1) is 10.5. The number of anilines is 1. The van der Waals surface area contributed by atoms with Crippen molar-refractivity contribution in [3.8, 4) is 0 Å². The summed E-state index contributed by atoms with van der Waals surface area (Å²) < 4.78 is 0. The second-order valence-corrected chi connectivity index (χ2v) is 4.03. The predicted octanol–water partition coefficient (Wildman–Crippen LogP) is 1.25. The van der Waals surface area contributed by atoms with Crippen molar-refractivity contribution in [3.05, 3.63) is 29.8 Å². The lowest BCUT2D eigenvalue weighted by Gasteiger charge is -2.35. The molecule has 1 aromatic rings. The molecule has 1 saturated heterocycles. The molecule has 1 heterocycles. The SMILES string of the molecule is CNN1CCN(c2ccc(C)cc2)CC1. The summed E-state index contributed by atoms with van der Waals surface area (Å²) in [6.07, 6.45) is 0. The average Bonchev–Trinajstić information content (AvgIpc) is 2.30. The van der Waals surface area contributed by atoms with Crippen LogP contribution in [-0.2, 0) is 0 Å². The summed E-state index contributed by atoms with van der Waals surface area (Å²) in [5.41, 5.74) is 5.86. The van der Waals surface area contributed by atoms with E-state index in [4.69, 9.17) is 0 Å². The smallest absolute Gasteiger partial charge is 0.0367 e. The molecule has 0 spiro atoms. The van der Waals surface area contributed by atoms with Crippen molar-refractivity contribution in [1.82, 2.24) is 10.4 Å². The van der Waals surface area contributed by atoms with Gasteiger partial charge in [0.05, 0.1) is 0 Å². The number of benzene rings is 1. The first-order valence-electron chi connectivity index (χ1n) is 5.53. The summed E-state index contributed by atoms with van der Waals surface area (Å²) in [5, 5.41) is 2.25. The van der Waals surface area contributed by atoms with E-state index in [0.29, 0.717) is 0 Å². The van der Waals surface area contributed by atoms with Crippen molar-refractivity contribution in [2.75, 3.05) is 38.1 Å². The number of piperazine rings is 1. The minimum atomic E-state index is 1.09. The van der Waals surface area contributed by atoms with Crippen molar-refractivity contribution in [2.24, 2.45) is 0 Å². The van der Waals surface area contributed by atoms with Crippen molar-refractivity contribution in [2.45, 2.75) is 6.92 Å². The van der Waals surface area contributed by atoms with Crippen LogP contribution in [0.15, 0.2) is 24.3 Å². The van der Waals surface area contributed by atoms with E-state index in [2.05, 4.69) is 46.5 Å². The van der Waals surface area contributed by atoms with E-state index < -0.39 is 0 Å². The fraction of sp³-hybridized carbons (Fsp3) is 0.500. The van der Waals surface area contributed by atoms with Gasteiger partial charge in [0, 0.05) is 31.9 Å². The van der Waals surface area contributed by atoms with Gasteiger partial charge in [0.1, 0.15) is 0 Å². The first-order chi connectivity index (χ1) is 7.29. The van der Waals surface area contributed by atoms with Gasteiger partial charge in [-0.05, 0) is 26.1 Å². The van der Waals surface area contributed by atoms with Gasteiger partial charge in [-0.3, -0.25) is 5.43 Å². The maximum absolute atomic E-state index is 3.19. The van der Waals surface area contributed by atoms with E-state index >= 15 is 0 Å². The molecular formula is C12H19N3. The summed E-state index contributed by atoms with van der Waals surface area (Å²) >= 11 is 0. The number of hydrogen-bond acceptors (Lipinski definition) is 3. The van der Waals surface area contributed by atoms with E-state index in [0.717, 1.165) is 26.2 Å². The zero-order valence-corrected chi connectivity index (χ0v) is 9.53. The lowest BCUT2D eigenvalue weighted by molar-refractivity contribution is 0.195. The maximum Gasteiger partial charge on any atom is 0.0367 e. The Hall–Kier alpha value is -1.06. The van der Waals surface area contributed by atoms with Gasteiger partial charge in [-0.25, -0.2) is 5.01 Å². The Bertz CT molecular complexity index is 299. The van der Waals surface area contributed by atoms with Gasteiger partial charge in [-0.15, -0.1) is 0 Å². The van der Waals surface area contributed by atoms with Gasteiger partial charge < -0.3 is 4.90 Å². The van der Waals surface area contributed by atoms with Gasteiger partial charge in [0.25, 0.3) is 0 Å². The summed E-state index contributed by atoms with van der Waals surface area (Å²) in [4.78, 5) is 2.44. The molecule has 0 unspecified atom stereocenters. The number of hydrazine groups is 1. The Kier molecular flexibility index (Phi) is 3.23. The molecule has 0 radical (unpaired) electrons. The highest BCUT2D eigenvalue weighted by molar-refractivity contribution is 5.47. The molecular weight excluding hydrogens is 186 g/mol. The molecule has 1 fully saturated rings. The van der Waals surface area contributed by atoms with E-state index in [1.165, 1.54) is 11.3 Å². The Labute approximate surface area is 91.7 Å². The maximum atomic E-state index is 3.19. The normalized spacial score (nSPS) is 18.1. The van der Waals surface area contributed by atoms with E-state index in [-0.39, 0.29) is 0 Å². The largest absolute Gasteiger partial charge is 0.369 e. The second-order valence-electron chi connectivity index (χ2n) is 4.03. The zero-order chi connectivity index (χ0) is 10.7. The Morgan fingerprint density at radius 1 is 1.00 bits per heavy atom. The van der Waals surface area contributed by atoms with Crippen LogP contribution < -0.4 is 10.3 Å². The van der Waals surface area contributed by atoms with Crippen molar-refractivity contribution < 1.29 is 0 Å². The highest BCUT2D eigenvalue weighted by atomic mass is 15.5. The van der Waals surface area contributed by atoms with Crippen LogP contribution in [0.3, 0.4) is 0 Å². The minimum Gasteiger partial charge on any atom is -0.369 e. The third-order valence-corrected chi connectivity index (χ3v) is 3.00. The molecule has 0 amide bonds. The molecule has 0 aromatic heterocycles. The van der Waals surface area contributed by atoms with Crippen molar-refractivity contribution >= 4 is 5.69 Å². The summed E-state index contributed by atoms with van der Waals surface area (Å²) in [7, 11) is 1.99. The van der Waals surface area contributed by atoms with Gasteiger partial charge in [-0.2, -0.15) is 0 Å². The van der Waals surface area contributed by atoms with Crippen molar-refractivity contribution in [3.63, 3.8) is 0 Å².